The van der Waals surface area contributed by atoms with Gasteiger partial charge in [-0.15, -0.1) is 0 Å². The van der Waals surface area contributed by atoms with Crippen molar-refractivity contribution in [2.45, 2.75) is 13.8 Å². The van der Waals surface area contributed by atoms with Crippen molar-refractivity contribution in [3.8, 4) is 0 Å². The van der Waals surface area contributed by atoms with Crippen molar-refractivity contribution in [2.75, 3.05) is 25.1 Å². The highest BCUT2D eigenvalue weighted by Crippen LogP contribution is 2.10. The van der Waals surface area contributed by atoms with Crippen molar-refractivity contribution < 1.29 is 14.6 Å². The van der Waals surface area contributed by atoms with E-state index < -0.39 is 5.97 Å². The highest BCUT2D eigenvalue weighted by molar-refractivity contribution is 5.89. The van der Waals surface area contributed by atoms with E-state index in [2.05, 4.69) is 16.9 Å². The normalized spacial score (nSPS) is 10.1. The van der Waals surface area contributed by atoms with Crippen LogP contribution in [0.1, 0.15) is 23.0 Å². The number of aryl methyl sites for hydroxylation is 1. The molecule has 0 fully saturated rings. The molecule has 5 nitrogen and oxygen atoms in total. The van der Waals surface area contributed by atoms with Gasteiger partial charge in [0.05, 0.1) is 24.5 Å². The molecule has 0 aliphatic carbocycles. The summed E-state index contributed by atoms with van der Waals surface area (Å²) < 4.78 is 5.33. The Bertz CT molecular complexity index is 444. The SMILES string of the molecule is C=C(C)COCCNc1ccc(C(=O)O)c(C)n1. The summed E-state index contributed by atoms with van der Waals surface area (Å²) in [5, 5.41) is 11.9. The molecule has 0 spiro atoms. The summed E-state index contributed by atoms with van der Waals surface area (Å²) >= 11 is 0. The van der Waals surface area contributed by atoms with Gasteiger partial charge in [-0.3, -0.25) is 0 Å². The third-order valence-corrected chi connectivity index (χ3v) is 2.22. The van der Waals surface area contributed by atoms with Crippen LogP contribution in [0.15, 0.2) is 24.3 Å². The first-order chi connectivity index (χ1) is 8.50. The summed E-state index contributed by atoms with van der Waals surface area (Å²) in [6.45, 7) is 9.03. The van der Waals surface area contributed by atoms with Gasteiger partial charge in [0, 0.05) is 6.54 Å². The highest BCUT2D eigenvalue weighted by Gasteiger charge is 2.08. The van der Waals surface area contributed by atoms with Crippen LogP contribution < -0.4 is 5.32 Å². The fourth-order valence-electron chi connectivity index (χ4n) is 1.38. The summed E-state index contributed by atoms with van der Waals surface area (Å²) in [4.78, 5) is 15.0. The Hall–Kier alpha value is -1.88. The van der Waals surface area contributed by atoms with Gasteiger partial charge in [0.25, 0.3) is 0 Å². The van der Waals surface area contributed by atoms with Crippen LogP contribution in [0.3, 0.4) is 0 Å². The highest BCUT2D eigenvalue weighted by atomic mass is 16.5. The average molecular weight is 250 g/mol. The average Bonchev–Trinajstić information content (AvgIpc) is 2.27. The Balaban J connectivity index is 2.42. The number of carboxylic acid groups (broad SMARTS) is 1. The first kappa shape index (κ1) is 14.2. The number of ether oxygens (including phenoxy) is 1. The summed E-state index contributed by atoms with van der Waals surface area (Å²) in [5.41, 5.74) is 1.70. The quantitative estimate of drug-likeness (QED) is 0.572. The summed E-state index contributed by atoms with van der Waals surface area (Å²) in [6, 6.07) is 3.19. The van der Waals surface area contributed by atoms with Gasteiger partial charge < -0.3 is 15.2 Å². The van der Waals surface area contributed by atoms with Crippen molar-refractivity contribution in [2.24, 2.45) is 0 Å². The molecule has 0 aromatic carbocycles. The van der Waals surface area contributed by atoms with E-state index in [1.54, 1.807) is 19.1 Å². The summed E-state index contributed by atoms with van der Waals surface area (Å²) in [7, 11) is 0. The minimum absolute atomic E-state index is 0.221. The number of pyridine rings is 1. The predicted molar refractivity (Wildman–Crippen MR) is 70.1 cm³/mol. The molecule has 0 amide bonds. The largest absolute Gasteiger partial charge is 0.478 e. The third-order valence-electron chi connectivity index (χ3n) is 2.22. The number of carbonyl (C=O) groups is 1. The van der Waals surface area contributed by atoms with E-state index in [1.165, 1.54) is 0 Å². The molecule has 0 saturated heterocycles. The van der Waals surface area contributed by atoms with E-state index >= 15 is 0 Å². The van der Waals surface area contributed by atoms with Gasteiger partial charge >= 0.3 is 5.97 Å². The van der Waals surface area contributed by atoms with Crippen LogP contribution in [0.5, 0.6) is 0 Å². The zero-order valence-electron chi connectivity index (χ0n) is 10.7. The fraction of sp³-hybridized carbons (Fsp3) is 0.385. The van der Waals surface area contributed by atoms with Crippen LogP contribution in [0.2, 0.25) is 0 Å². The summed E-state index contributed by atoms with van der Waals surface area (Å²) in [5.74, 6) is -0.312. The topological polar surface area (TPSA) is 71.5 Å². The van der Waals surface area contributed by atoms with Gasteiger partial charge in [-0.05, 0) is 26.0 Å². The Labute approximate surface area is 107 Å². The molecule has 0 saturated carbocycles. The molecule has 0 radical (unpaired) electrons. The third kappa shape index (κ3) is 4.55. The lowest BCUT2D eigenvalue weighted by Gasteiger charge is -2.08. The van der Waals surface area contributed by atoms with Gasteiger partial charge in [-0.25, -0.2) is 9.78 Å². The number of rotatable bonds is 7. The van der Waals surface area contributed by atoms with Crippen LogP contribution in [-0.2, 0) is 4.74 Å². The van der Waals surface area contributed by atoms with Crippen LogP contribution in [0, 0.1) is 6.92 Å². The van der Waals surface area contributed by atoms with Crippen LogP contribution >= 0.6 is 0 Å². The van der Waals surface area contributed by atoms with E-state index in [-0.39, 0.29) is 5.56 Å². The van der Waals surface area contributed by atoms with Crippen molar-refractivity contribution in [1.82, 2.24) is 4.98 Å². The first-order valence-electron chi connectivity index (χ1n) is 5.67. The van der Waals surface area contributed by atoms with Crippen LogP contribution in [0.25, 0.3) is 0 Å². The number of hydrogen-bond acceptors (Lipinski definition) is 4. The molecule has 0 aliphatic rings. The maximum atomic E-state index is 10.8. The number of anilines is 1. The maximum Gasteiger partial charge on any atom is 0.337 e. The molecule has 5 heteroatoms. The van der Waals surface area contributed by atoms with Crippen LogP contribution in [-0.4, -0.2) is 35.8 Å². The molecule has 0 bridgehead atoms. The Morgan fingerprint density at radius 1 is 1.56 bits per heavy atom. The van der Waals surface area contributed by atoms with Gasteiger partial charge in [0.1, 0.15) is 5.82 Å². The first-order valence-corrected chi connectivity index (χ1v) is 5.67. The van der Waals surface area contributed by atoms with Gasteiger partial charge in [-0.1, -0.05) is 12.2 Å². The predicted octanol–water partition coefficient (Wildman–Crippen LogP) is 2.09. The number of nitrogens with zero attached hydrogens (tertiary/aromatic N) is 1. The van der Waals surface area contributed by atoms with E-state index in [0.717, 1.165) is 5.57 Å². The molecular formula is C13H18N2O3. The second kappa shape index (κ2) is 6.76. The Morgan fingerprint density at radius 2 is 2.28 bits per heavy atom. The molecule has 2 N–H and O–H groups in total. The van der Waals surface area contributed by atoms with E-state index in [4.69, 9.17) is 9.84 Å². The molecule has 98 valence electrons. The lowest BCUT2D eigenvalue weighted by molar-refractivity contribution is 0.0695. The molecule has 0 atom stereocenters. The van der Waals surface area contributed by atoms with E-state index in [1.807, 2.05) is 6.92 Å². The minimum atomic E-state index is -0.962. The van der Waals surface area contributed by atoms with Crippen molar-refractivity contribution >= 4 is 11.8 Å². The molecule has 1 aromatic rings. The fourth-order valence-corrected chi connectivity index (χ4v) is 1.38. The smallest absolute Gasteiger partial charge is 0.337 e. The second-order valence-electron chi connectivity index (χ2n) is 4.07. The molecule has 0 aliphatic heterocycles. The molecule has 1 aromatic heterocycles. The molecule has 0 unspecified atom stereocenters. The van der Waals surface area contributed by atoms with Crippen LogP contribution in [0.4, 0.5) is 5.82 Å². The lowest BCUT2D eigenvalue weighted by Crippen LogP contribution is -2.12. The van der Waals surface area contributed by atoms with Crippen molar-refractivity contribution in [3.05, 3.63) is 35.5 Å². The Kier molecular flexibility index (Phi) is 5.32. The number of aromatic carboxylic acids is 1. The molecule has 1 rings (SSSR count). The van der Waals surface area contributed by atoms with Crippen molar-refractivity contribution in [3.63, 3.8) is 0 Å². The second-order valence-corrected chi connectivity index (χ2v) is 4.07. The zero-order valence-corrected chi connectivity index (χ0v) is 10.7. The zero-order chi connectivity index (χ0) is 13.5. The molecular weight excluding hydrogens is 232 g/mol. The molecule has 1 heterocycles. The van der Waals surface area contributed by atoms with Gasteiger partial charge in [0.15, 0.2) is 0 Å². The lowest BCUT2D eigenvalue weighted by atomic mass is 10.2. The maximum absolute atomic E-state index is 10.8. The number of hydrogen-bond donors (Lipinski definition) is 2. The monoisotopic (exact) mass is 250 g/mol. The van der Waals surface area contributed by atoms with Gasteiger partial charge in [-0.2, -0.15) is 0 Å². The standard InChI is InChI=1S/C13H18N2O3/c1-9(2)8-18-7-6-14-12-5-4-11(13(16)17)10(3)15-12/h4-5H,1,6-8H2,2-3H3,(H,14,15)(H,16,17). The number of carboxylic acids is 1. The van der Waals surface area contributed by atoms with E-state index in [0.29, 0.717) is 31.3 Å². The Morgan fingerprint density at radius 3 is 2.83 bits per heavy atom. The molecule has 18 heavy (non-hydrogen) atoms. The number of aromatic nitrogens is 1. The number of nitrogens with one attached hydrogen (secondary N) is 1. The van der Waals surface area contributed by atoms with Crippen molar-refractivity contribution in [1.29, 1.82) is 0 Å². The van der Waals surface area contributed by atoms with Gasteiger partial charge in [0.2, 0.25) is 0 Å². The van der Waals surface area contributed by atoms with E-state index in [9.17, 15) is 4.79 Å². The minimum Gasteiger partial charge on any atom is -0.478 e. The summed E-state index contributed by atoms with van der Waals surface area (Å²) in [6.07, 6.45) is 0.